The van der Waals surface area contributed by atoms with Gasteiger partial charge in [-0.3, -0.25) is 9.59 Å². The first kappa shape index (κ1) is 20.1. The third kappa shape index (κ3) is 5.93. The smallest absolute Gasteiger partial charge is 0.237 e. The summed E-state index contributed by atoms with van der Waals surface area (Å²) in [6.07, 6.45) is 0. The number of carbonyl (C=O) groups is 2. The van der Waals surface area contributed by atoms with Gasteiger partial charge in [-0.1, -0.05) is 11.6 Å². The van der Waals surface area contributed by atoms with E-state index in [0.29, 0.717) is 22.1 Å². The number of methoxy groups -OCH3 is 1. The lowest BCUT2D eigenvalue weighted by Gasteiger charge is -2.13. The Morgan fingerprint density at radius 3 is 2.42 bits per heavy atom. The number of anilines is 2. The van der Waals surface area contributed by atoms with Crippen LogP contribution in [0.2, 0.25) is 5.02 Å². The number of carbonyl (C=O) groups excluding carboxylic acids is 2. The Bertz CT molecular complexity index is 787. The van der Waals surface area contributed by atoms with Gasteiger partial charge in [-0.05, 0) is 49.4 Å². The molecular formula is C18H18ClFN2O3S. The van der Waals surface area contributed by atoms with Gasteiger partial charge in [0.05, 0.1) is 23.1 Å². The van der Waals surface area contributed by atoms with E-state index in [-0.39, 0.29) is 23.4 Å². The van der Waals surface area contributed by atoms with E-state index in [1.807, 2.05) is 0 Å². The number of hydrogen-bond donors (Lipinski definition) is 2. The van der Waals surface area contributed by atoms with E-state index in [0.717, 1.165) is 0 Å². The summed E-state index contributed by atoms with van der Waals surface area (Å²) in [5, 5.41) is 5.33. The number of hydrogen-bond acceptors (Lipinski definition) is 4. The van der Waals surface area contributed by atoms with Crippen molar-refractivity contribution < 1.29 is 18.7 Å². The van der Waals surface area contributed by atoms with Crippen molar-refractivity contribution in [3.05, 3.63) is 53.3 Å². The van der Waals surface area contributed by atoms with Crippen molar-refractivity contribution in [2.45, 2.75) is 12.2 Å². The van der Waals surface area contributed by atoms with Crippen LogP contribution in [-0.2, 0) is 9.59 Å². The number of thioether (sulfide) groups is 1. The molecule has 2 amide bonds. The fourth-order valence-corrected chi connectivity index (χ4v) is 2.94. The van der Waals surface area contributed by atoms with Crippen molar-refractivity contribution in [1.82, 2.24) is 0 Å². The van der Waals surface area contributed by atoms with E-state index in [2.05, 4.69) is 10.6 Å². The van der Waals surface area contributed by atoms with Gasteiger partial charge in [0, 0.05) is 11.4 Å². The predicted octanol–water partition coefficient (Wildman–Crippen LogP) is 4.19. The first-order valence-corrected chi connectivity index (χ1v) is 9.13. The van der Waals surface area contributed by atoms with Gasteiger partial charge in [0.15, 0.2) is 0 Å². The normalized spacial score (nSPS) is 11.5. The highest BCUT2D eigenvalue weighted by molar-refractivity contribution is 8.01. The van der Waals surface area contributed by atoms with Gasteiger partial charge in [0.2, 0.25) is 11.8 Å². The molecule has 0 bridgehead atoms. The zero-order valence-electron chi connectivity index (χ0n) is 14.2. The van der Waals surface area contributed by atoms with Crippen LogP contribution < -0.4 is 15.4 Å². The Labute approximate surface area is 160 Å². The summed E-state index contributed by atoms with van der Waals surface area (Å²) in [6, 6.07) is 10.4. The molecule has 0 aromatic heterocycles. The first-order chi connectivity index (χ1) is 12.4. The molecule has 5 nitrogen and oxygen atoms in total. The number of halogens is 2. The SMILES string of the molecule is COc1ccc(NC(=O)[C@H](C)SCC(=O)Nc2ccc(F)cc2)cc1Cl. The highest BCUT2D eigenvalue weighted by Gasteiger charge is 2.16. The van der Waals surface area contributed by atoms with Crippen molar-refractivity contribution in [2.24, 2.45) is 0 Å². The maximum absolute atomic E-state index is 12.8. The largest absolute Gasteiger partial charge is 0.495 e. The van der Waals surface area contributed by atoms with Crippen LogP contribution in [0.3, 0.4) is 0 Å². The molecule has 0 aliphatic rings. The Balaban J connectivity index is 1.82. The summed E-state index contributed by atoms with van der Waals surface area (Å²) in [6.45, 7) is 1.70. The molecule has 0 aliphatic heterocycles. The molecule has 2 N–H and O–H groups in total. The summed E-state index contributed by atoms with van der Waals surface area (Å²) >= 11 is 7.21. The zero-order chi connectivity index (χ0) is 19.1. The lowest BCUT2D eigenvalue weighted by Crippen LogP contribution is -2.25. The molecule has 0 saturated carbocycles. The minimum atomic E-state index is -0.449. The fraction of sp³-hybridized carbons (Fsp3) is 0.222. The Kier molecular flexibility index (Phi) is 7.29. The maximum Gasteiger partial charge on any atom is 0.237 e. The number of nitrogens with one attached hydrogen (secondary N) is 2. The van der Waals surface area contributed by atoms with Gasteiger partial charge in [-0.15, -0.1) is 11.8 Å². The quantitative estimate of drug-likeness (QED) is 0.736. The average molecular weight is 397 g/mol. The van der Waals surface area contributed by atoms with Crippen molar-refractivity contribution >= 4 is 46.6 Å². The monoisotopic (exact) mass is 396 g/mol. The maximum atomic E-state index is 12.8. The van der Waals surface area contributed by atoms with Crippen molar-refractivity contribution in [3.63, 3.8) is 0 Å². The average Bonchev–Trinajstić information content (AvgIpc) is 2.61. The number of amides is 2. The molecule has 8 heteroatoms. The Hall–Kier alpha value is -2.25. The first-order valence-electron chi connectivity index (χ1n) is 7.70. The van der Waals surface area contributed by atoms with Crippen LogP contribution in [0.1, 0.15) is 6.92 Å². The molecule has 0 spiro atoms. The van der Waals surface area contributed by atoms with E-state index >= 15 is 0 Å². The third-order valence-electron chi connectivity index (χ3n) is 3.38. The van der Waals surface area contributed by atoms with Crippen molar-refractivity contribution in [2.75, 3.05) is 23.5 Å². The van der Waals surface area contributed by atoms with Gasteiger partial charge < -0.3 is 15.4 Å². The molecule has 1 atom stereocenters. The molecule has 2 rings (SSSR count). The van der Waals surface area contributed by atoms with Crippen LogP contribution in [0.15, 0.2) is 42.5 Å². The lowest BCUT2D eigenvalue weighted by atomic mass is 10.3. The molecule has 0 fully saturated rings. The second kappa shape index (κ2) is 9.45. The topological polar surface area (TPSA) is 67.4 Å². The van der Waals surface area contributed by atoms with Crippen LogP contribution in [0.25, 0.3) is 0 Å². The van der Waals surface area contributed by atoms with Crippen molar-refractivity contribution in [3.8, 4) is 5.75 Å². The van der Waals surface area contributed by atoms with Crippen molar-refractivity contribution in [1.29, 1.82) is 0 Å². The highest BCUT2D eigenvalue weighted by atomic mass is 35.5. The molecule has 0 saturated heterocycles. The number of ether oxygens (including phenoxy) is 1. The molecule has 0 heterocycles. The van der Waals surface area contributed by atoms with Crippen LogP contribution in [-0.4, -0.2) is 29.9 Å². The van der Waals surface area contributed by atoms with E-state index in [9.17, 15) is 14.0 Å². The number of benzene rings is 2. The van der Waals surface area contributed by atoms with Gasteiger partial charge in [0.25, 0.3) is 0 Å². The third-order valence-corrected chi connectivity index (χ3v) is 4.82. The summed E-state index contributed by atoms with van der Waals surface area (Å²) < 4.78 is 17.9. The van der Waals surface area contributed by atoms with E-state index < -0.39 is 5.25 Å². The summed E-state index contributed by atoms with van der Waals surface area (Å²) in [5.41, 5.74) is 1.05. The molecule has 2 aromatic carbocycles. The molecular weight excluding hydrogens is 379 g/mol. The van der Waals surface area contributed by atoms with E-state index in [1.165, 1.54) is 43.1 Å². The lowest BCUT2D eigenvalue weighted by molar-refractivity contribution is -0.115. The fourth-order valence-electron chi connectivity index (χ4n) is 1.99. The number of rotatable bonds is 7. The Morgan fingerprint density at radius 2 is 1.81 bits per heavy atom. The predicted molar refractivity (Wildman–Crippen MR) is 104 cm³/mol. The van der Waals surface area contributed by atoms with Gasteiger partial charge >= 0.3 is 0 Å². The summed E-state index contributed by atoms with van der Waals surface area (Å²) in [5.74, 6) is -0.277. The van der Waals surface area contributed by atoms with Crippen LogP contribution in [0.4, 0.5) is 15.8 Å². The second-order valence-electron chi connectivity index (χ2n) is 5.35. The highest BCUT2D eigenvalue weighted by Crippen LogP contribution is 2.27. The van der Waals surface area contributed by atoms with Gasteiger partial charge in [-0.2, -0.15) is 0 Å². The molecule has 138 valence electrons. The van der Waals surface area contributed by atoms with Crippen LogP contribution in [0.5, 0.6) is 5.75 Å². The minimum absolute atomic E-state index is 0.0926. The van der Waals surface area contributed by atoms with E-state index in [4.69, 9.17) is 16.3 Å². The molecule has 0 unspecified atom stereocenters. The van der Waals surface area contributed by atoms with Gasteiger partial charge in [0.1, 0.15) is 11.6 Å². The molecule has 0 radical (unpaired) electrons. The zero-order valence-corrected chi connectivity index (χ0v) is 15.8. The van der Waals surface area contributed by atoms with Crippen LogP contribution >= 0.6 is 23.4 Å². The Morgan fingerprint density at radius 1 is 1.15 bits per heavy atom. The van der Waals surface area contributed by atoms with Crippen LogP contribution in [0, 0.1) is 5.82 Å². The molecule has 0 aliphatic carbocycles. The second-order valence-corrected chi connectivity index (χ2v) is 7.08. The van der Waals surface area contributed by atoms with Gasteiger partial charge in [-0.25, -0.2) is 4.39 Å². The summed E-state index contributed by atoms with van der Waals surface area (Å²) in [4.78, 5) is 24.1. The molecule has 2 aromatic rings. The minimum Gasteiger partial charge on any atom is -0.495 e. The summed E-state index contributed by atoms with van der Waals surface area (Å²) in [7, 11) is 1.51. The molecule has 26 heavy (non-hydrogen) atoms. The standard InChI is InChI=1S/C18H18ClFN2O3S/c1-11(18(24)22-14-7-8-16(25-2)15(19)9-14)26-10-17(23)21-13-5-3-12(20)4-6-13/h3-9,11H,10H2,1-2H3,(H,21,23)(H,22,24)/t11-/m0/s1. The van der Waals surface area contributed by atoms with E-state index in [1.54, 1.807) is 25.1 Å².